The Morgan fingerprint density at radius 3 is 2.21 bits per heavy atom. The Morgan fingerprint density at radius 1 is 1.05 bits per heavy atom. The first-order chi connectivity index (χ1) is 8.99. The van der Waals surface area contributed by atoms with Gasteiger partial charge in [0.25, 0.3) is 0 Å². The predicted molar refractivity (Wildman–Crippen MR) is 73.9 cm³/mol. The molecule has 2 rings (SSSR count). The standard InChI is InChI=1S/C15H11ClO3/c1-9(17)10-2-4-11(5-3-10)14-8-12(16)6-7-13(14)15(18)19/h2-8H,1H3,(H,18,19). The number of halogens is 1. The maximum absolute atomic E-state index is 11.2. The van der Waals surface area contributed by atoms with Crippen LogP contribution >= 0.6 is 11.6 Å². The van der Waals surface area contributed by atoms with E-state index in [2.05, 4.69) is 0 Å². The van der Waals surface area contributed by atoms with Crippen molar-refractivity contribution in [2.45, 2.75) is 6.92 Å². The fraction of sp³-hybridized carbons (Fsp3) is 0.0667. The minimum atomic E-state index is -1.01. The summed E-state index contributed by atoms with van der Waals surface area (Å²) in [5.41, 5.74) is 2.02. The summed E-state index contributed by atoms with van der Waals surface area (Å²) in [6.45, 7) is 1.48. The van der Waals surface area contributed by atoms with Crippen LogP contribution in [0.5, 0.6) is 0 Å². The lowest BCUT2D eigenvalue weighted by atomic mass is 9.98. The van der Waals surface area contributed by atoms with E-state index in [1.165, 1.54) is 13.0 Å². The summed E-state index contributed by atoms with van der Waals surface area (Å²) in [7, 11) is 0. The Bertz CT molecular complexity index is 645. The van der Waals surface area contributed by atoms with Gasteiger partial charge in [0.15, 0.2) is 5.78 Å². The molecule has 96 valence electrons. The van der Waals surface area contributed by atoms with Crippen LogP contribution in [0, 0.1) is 0 Å². The summed E-state index contributed by atoms with van der Waals surface area (Å²) in [5, 5.41) is 9.63. The van der Waals surface area contributed by atoms with E-state index in [0.717, 1.165) is 0 Å². The number of carboxylic acids is 1. The summed E-state index contributed by atoms with van der Waals surface area (Å²) < 4.78 is 0. The quantitative estimate of drug-likeness (QED) is 0.864. The van der Waals surface area contributed by atoms with E-state index >= 15 is 0 Å². The largest absolute Gasteiger partial charge is 0.478 e. The van der Waals surface area contributed by atoms with Crippen LogP contribution in [0.4, 0.5) is 0 Å². The molecule has 0 saturated heterocycles. The summed E-state index contributed by atoms with van der Waals surface area (Å²) >= 11 is 5.91. The highest BCUT2D eigenvalue weighted by Gasteiger charge is 2.12. The van der Waals surface area contributed by atoms with Crippen LogP contribution in [0.3, 0.4) is 0 Å². The molecule has 2 aromatic carbocycles. The minimum absolute atomic E-state index is 0.0314. The molecule has 4 heteroatoms. The highest BCUT2D eigenvalue weighted by atomic mass is 35.5. The minimum Gasteiger partial charge on any atom is -0.478 e. The SMILES string of the molecule is CC(=O)c1ccc(-c2cc(Cl)ccc2C(=O)O)cc1. The van der Waals surface area contributed by atoms with Crippen molar-refractivity contribution in [1.82, 2.24) is 0 Å². The van der Waals surface area contributed by atoms with Gasteiger partial charge in [-0.15, -0.1) is 0 Å². The average Bonchev–Trinajstić information content (AvgIpc) is 2.38. The molecule has 0 aliphatic heterocycles. The van der Waals surface area contributed by atoms with Crippen molar-refractivity contribution in [3.8, 4) is 11.1 Å². The van der Waals surface area contributed by atoms with Crippen LogP contribution in [-0.2, 0) is 0 Å². The first-order valence-electron chi connectivity index (χ1n) is 5.63. The molecule has 1 N–H and O–H groups in total. The lowest BCUT2D eigenvalue weighted by Gasteiger charge is -2.07. The van der Waals surface area contributed by atoms with Crippen LogP contribution < -0.4 is 0 Å². The first kappa shape index (κ1) is 13.3. The Balaban J connectivity index is 2.54. The summed E-state index contributed by atoms with van der Waals surface area (Å²) in [4.78, 5) is 22.4. The van der Waals surface area contributed by atoms with Gasteiger partial charge in [0.1, 0.15) is 0 Å². The molecule has 2 aromatic rings. The molecule has 0 aromatic heterocycles. The fourth-order valence-corrected chi connectivity index (χ4v) is 2.00. The van der Waals surface area contributed by atoms with Gasteiger partial charge in [-0.25, -0.2) is 4.79 Å². The molecule has 0 radical (unpaired) electrons. The summed E-state index contributed by atoms with van der Waals surface area (Å²) in [5.74, 6) is -1.04. The average molecular weight is 275 g/mol. The first-order valence-corrected chi connectivity index (χ1v) is 6.01. The van der Waals surface area contributed by atoms with Crippen LogP contribution in [0.1, 0.15) is 27.6 Å². The van der Waals surface area contributed by atoms with Crippen molar-refractivity contribution in [2.24, 2.45) is 0 Å². The molecule has 0 amide bonds. The molecular formula is C15H11ClO3. The number of rotatable bonds is 3. The van der Waals surface area contributed by atoms with Gasteiger partial charge in [0, 0.05) is 10.6 Å². The van der Waals surface area contributed by atoms with E-state index in [-0.39, 0.29) is 11.3 Å². The molecule has 0 atom stereocenters. The van der Waals surface area contributed by atoms with Gasteiger partial charge in [-0.3, -0.25) is 4.79 Å². The number of Topliss-reactive ketones (excluding diaryl/α,β-unsaturated/α-hetero) is 1. The molecule has 0 fully saturated rings. The Hall–Kier alpha value is -2.13. The van der Waals surface area contributed by atoms with Gasteiger partial charge in [-0.1, -0.05) is 35.9 Å². The molecular weight excluding hydrogens is 264 g/mol. The van der Waals surface area contributed by atoms with E-state index in [1.54, 1.807) is 36.4 Å². The number of benzene rings is 2. The number of hydrogen-bond donors (Lipinski definition) is 1. The number of carbonyl (C=O) groups is 2. The van der Waals surface area contributed by atoms with Gasteiger partial charge in [-0.05, 0) is 36.2 Å². The summed E-state index contributed by atoms with van der Waals surface area (Å²) in [6.07, 6.45) is 0. The van der Waals surface area contributed by atoms with E-state index in [1.807, 2.05) is 0 Å². The van der Waals surface area contributed by atoms with Crippen LogP contribution in [0.25, 0.3) is 11.1 Å². The van der Waals surface area contributed by atoms with Crippen molar-refractivity contribution in [2.75, 3.05) is 0 Å². The van der Waals surface area contributed by atoms with E-state index < -0.39 is 5.97 Å². The van der Waals surface area contributed by atoms with Gasteiger partial charge in [0.2, 0.25) is 0 Å². The van der Waals surface area contributed by atoms with Crippen molar-refractivity contribution in [1.29, 1.82) is 0 Å². The molecule has 0 heterocycles. The maximum Gasteiger partial charge on any atom is 0.336 e. The Morgan fingerprint density at radius 2 is 1.68 bits per heavy atom. The van der Waals surface area contributed by atoms with E-state index in [4.69, 9.17) is 16.7 Å². The topological polar surface area (TPSA) is 54.4 Å². The molecule has 19 heavy (non-hydrogen) atoms. The number of carbonyl (C=O) groups excluding carboxylic acids is 1. The third kappa shape index (κ3) is 2.83. The molecule has 0 saturated carbocycles. The van der Waals surface area contributed by atoms with Crippen molar-refractivity contribution >= 4 is 23.4 Å². The Labute approximate surface area is 115 Å². The molecule has 0 bridgehead atoms. The number of hydrogen-bond acceptors (Lipinski definition) is 2. The van der Waals surface area contributed by atoms with Crippen LogP contribution in [0.15, 0.2) is 42.5 Å². The lowest BCUT2D eigenvalue weighted by Crippen LogP contribution is -1.99. The second kappa shape index (κ2) is 5.24. The zero-order valence-electron chi connectivity index (χ0n) is 10.2. The van der Waals surface area contributed by atoms with Crippen molar-refractivity contribution in [3.63, 3.8) is 0 Å². The Kier molecular flexibility index (Phi) is 3.67. The van der Waals surface area contributed by atoms with Gasteiger partial charge in [0.05, 0.1) is 5.56 Å². The summed E-state index contributed by atoms with van der Waals surface area (Å²) in [6, 6.07) is 11.4. The van der Waals surface area contributed by atoms with Crippen LogP contribution in [0.2, 0.25) is 5.02 Å². The monoisotopic (exact) mass is 274 g/mol. The highest BCUT2D eigenvalue weighted by Crippen LogP contribution is 2.27. The van der Waals surface area contributed by atoms with E-state index in [9.17, 15) is 9.59 Å². The zero-order chi connectivity index (χ0) is 14.0. The second-order valence-electron chi connectivity index (χ2n) is 4.13. The fourth-order valence-electron chi connectivity index (χ4n) is 1.83. The smallest absolute Gasteiger partial charge is 0.336 e. The van der Waals surface area contributed by atoms with Gasteiger partial charge in [-0.2, -0.15) is 0 Å². The lowest BCUT2D eigenvalue weighted by molar-refractivity contribution is 0.0697. The van der Waals surface area contributed by atoms with Gasteiger partial charge >= 0.3 is 5.97 Å². The number of carboxylic acid groups (broad SMARTS) is 1. The third-order valence-corrected chi connectivity index (χ3v) is 3.05. The predicted octanol–water partition coefficient (Wildman–Crippen LogP) is 3.91. The van der Waals surface area contributed by atoms with Crippen molar-refractivity contribution in [3.05, 3.63) is 58.6 Å². The highest BCUT2D eigenvalue weighted by molar-refractivity contribution is 6.31. The molecule has 0 spiro atoms. The second-order valence-corrected chi connectivity index (χ2v) is 4.57. The van der Waals surface area contributed by atoms with Crippen LogP contribution in [-0.4, -0.2) is 16.9 Å². The maximum atomic E-state index is 11.2. The molecule has 3 nitrogen and oxygen atoms in total. The normalized spacial score (nSPS) is 10.2. The third-order valence-electron chi connectivity index (χ3n) is 2.81. The zero-order valence-corrected chi connectivity index (χ0v) is 10.9. The van der Waals surface area contributed by atoms with Crippen molar-refractivity contribution < 1.29 is 14.7 Å². The molecule has 0 aliphatic carbocycles. The number of ketones is 1. The van der Waals surface area contributed by atoms with Gasteiger partial charge < -0.3 is 5.11 Å². The molecule has 0 aliphatic rings. The molecule has 0 unspecified atom stereocenters. The number of aromatic carboxylic acids is 1. The van der Waals surface area contributed by atoms with E-state index in [0.29, 0.717) is 21.7 Å².